The van der Waals surface area contributed by atoms with Gasteiger partial charge >= 0.3 is 5.97 Å². The van der Waals surface area contributed by atoms with Crippen LogP contribution in [0, 0.1) is 0 Å². The third kappa shape index (κ3) is 5.18. The Hall–Kier alpha value is -3.57. The molecule has 4 aromatic rings. The van der Waals surface area contributed by atoms with E-state index in [0.29, 0.717) is 19.6 Å². The number of aliphatic carboxylic acids is 1. The number of hydrogen-bond donors (Lipinski definition) is 2. The van der Waals surface area contributed by atoms with Gasteiger partial charge in [0.15, 0.2) is 0 Å². The molecule has 1 heterocycles. The number of carbonyl (C=O) groups is 1. The molecule has 1 aromatic heterocycles. The topological polar surface area (TPSA) is 71.7 Å². The van der Waals surface area contributed by atoms with Crippen molar-refractivity contribution in [3.05, 3.63) is 101 Å². The first-order valence-corrected chi connectivity index (χ1v) is 10.8. The Kier molecular flexibility index (Phi) is 6.57. The number of aliphatic hydroxyl groups is 1. The van der Waals surface area contributed by atoms with Gasteiger partial charge < -0.3 is 19.5 Å². The number of hydrogen-bond acceptors (Lipinski definition) is 3. The lowest BCUT2D eigenvalue weighted by atomic mass is 10.1. The summed E-state index contributed by atoms with van der Waals surface area (Å²) in [5, 5.41) is 20.1. The first kappa shape index (κ1) is 21.7. The minimum absolute atomic E-state index is 0.129. The largest absolute Gasteiger partial charge is 0.489 e. The lowest BCUT2D eigenvalue weighted by molar-refractivity contribution is -0.136. The zero-order valence-electron chi connectivity index (χ0n) is 18.1. The minimum Gasteiger partial charge on any atom is -0.489 e. The first-order chi connectivity index (χ1) is 15.5. The summed E-state index contributed by atoms with van der Waals surface area (Å²) < 4.78 is 8.04. The Bertz CT molecular complexity index is 1190. The molecule has 0 fully saturated rings. The first-order valence-electron chi connectivity index (χ1n) is 10.8. The highest BCUT2D eigenvalue weighted by molar-refractivity contribution is 5.81. The van der Waals surface area contributed by atoms with Crippen molar-refractivity contribution in [1.82, 2.24) is 4.57 Å². The van der Waals surface area contributed by atoms with Gasteiger partial charge in [0.2, 0.25) is 0 Å². The summed E-state index contributed by atoms with van der Waals surface area (Å²) in [4.78, 5) is 10.7. The Morgan fingerprint density at radius 2 is 1.59 bits per heavy atom. The molecule has 2 N–H and O–H groups in total. The van der Waals surface area contributed by atoms with E-state index in [-0.39, 0.29) is 6.42 Å². The van der Waals surface area contributed by atoms with E-state index in [1.54, 1.807) is 6.92 Å². The molecule has 0 saturated carbocycles. The van der Waals surface area contributed by atoms with E-state index in [4.69, 9.17) is 9.84 Å². The van der Waals surface area contributed by atoms with Crippen LogP contribution in [0.25, 0.3) is 10.9 Å². The molecule has 0 bridgehead atoms. The lowest BCUT2D eigenvalue weighted by Gasteiger charge is -2.13. The molecule has 0 aliphatic heterocycles. The number of aliphatic hydroxyl groups excluding tert-OH is 1. The molecule has 0 radical (unpaired) electrons. The molecule has 0 saturated heterocycles. The van der Waals surface area contributed by atoms with Crippen LogP contribution in [0.1, 0.15) is 41.8 Å². The van der Waals surface area contributed by atoms with Crippen molar-refractivity contribution in [3.63, 3.8) is 0 Å². The molecule has 5 nitrogen and oxygen atoms in total. The molecule has 4 rings (SSSR count). The quantitative estimate of drug-likeness (QED) is 0.377. The Morgan fingerprint density at radius 1 is 0.938 bits per heavy atom. The van der Waals surface area contributed by atoms with Crippen LogP contribution in [-0.4, -0.2) is 20.7 Å². The second-order valence-electron chi connectivity index (χ2n) is 8.03. The second-order valence-corrected chi connectivity index (χ2v) is 8.03. The molecular weight excluding hydrogens is 402 g/mol. The minimum atomic E-state index is -0.791. The van der Waals surface area contributed by atoms with Crippen LogP contribution in [-0.2, 0) is 24.4 Å². The average molecular weight is 430 g/mol. The van der Waals surface area contributed by atoms with Gasteiger partial charge in [-0.15, -0.1) is 0 Å². The van der Waals surface area contributed by atoms with E-state index in [1.165, 1.54) is 0 Å². The maximum Gasteiger partial charge on any atom is 0.303 e. The summed E-state index contributed by atoms with van der Waals surface area (Å²) in [7, 11) is 0. The molecular formula is C27H27NO4. The zero-order valence-corrected chi connectivity index (χ0v) is 18.1. The molecule has 0 aliphatic rings. The fourth-order valence-electron chi connectivity index (χ4n) is 3.85. The van der Waals surface area contributed by atoms with Crippen molar-refractivity contribution in [2.45, 2.75) is 39.0 Å². The van der Waals surface area contributed by atoms with E-state index in [1.807, 2.05) is 36.4 Å². The number of rotatable bonds is 9. The number of carboxylic acid groups (broad SMARTS) is 1. The van der Waals surface area contributed by atoms with Gasteiger partial charge in [0.1, 0.15) is 12.4 Å². The number of nitrogens with zero attached hydrogens (tertiary/aromatic N) is 1. The predicted octanol–water partition coefficient (Wildman–Crippen LogP) is 5.34. The molecule has 32 heavy (non-hydrogen) atoms. The van der Waals surface area contributed by atoms with Gasteiger partial charge in [0, 0.05) is 24.2 Å². The smallest absolute Gasteiger partial charge is 0.303 e. The van der Waals surface area contributed by atoms with Crippen LogP contribution >= 0.6 is 0 Å². The van der Waals surface area contributed by atoms with Crippen molar-refractivity contribution in [1.29, 1.82) is 0 Å². The van der Waals surface area contributed by atoms with Gasteiger partial charge in [-0.25, -0.2) is 0 Å². The highest BCUT2D eigenvalue weighted by atomic mass is 16.5. The average Bonchev–Trinajstić information content (AvgIpc) is 3.17. The lowest BCUT2D eigenvalue weighted by Crippen LogP contribution is -2.07. The predicted molar refractivity (Wildman–Crippen MR) is 125 cm³/mol. The second kappa shape index (κ2) is 9.71. The maximum absolute atomic E-state index is 10.7. The third-order valence-corrected chi connectivity index (χ3v) is 5.59. The van der Waals surface area contributed by atoms with Crippen LogP contribution in [0.15, 0.2) is 78.9 Å². The number of carboxylic acids is 1. The zero-order chi connectivity index (χ0) is 22.5. The van der Waals surface area contributed by atoms with Crippen molar-refractivity contribution in [3.8, 4) is 5.75 Å². The van der Waals surface area contributed by atoms with Crippen molar-refractivity contribution < 1.29 is 19.7 Å². The summed E-state index contributed by atoms with van der Waals surface area (Å²) in [5.74, 6) is -0.0330. The number of ether oxygens (including phenoxy) is 1. The third-order valence-electron chi connectivity index (χ3n) is 5.59. The molecule has 0 amide bonds. The van der Waals surface area contributed by atoms with Gasteiger partial charge in [-0.2, -0.15) is 0 Å². The molecule has 0 spiro atoms. The normalized spacial score (nSPS) is 12.1. The number of benzene rings is 3. The van der Waals surface area contributed by atoms with Gasteiger partial charge in [-0.1, -0.05) is 54.6 Å². The van der Waals surface area contributed by atoms with Gasteiger partial charge in [0.05, 0.1) is 6.10 Å². The van der Waals surface area contributed by atoms with E-state index in [9.17, 15) is 9.90 Å². The summed E-state index contributed by atoms with van der Waals surface area (Å²) in [6.45, 7) is 2.94. The van der Waals surface area contributed by atoms with Crippen LogP contribution in [0.3, 0.4) is 0 Å². The van der Waals surface area contributed by atoms with E-state index < -0.39 is 12.1 Å². The maximum atomic E-state index is 10.7. The van der Waals surface area contributed by atoms with Crippen molar-refractivity contribution in [2.24, 2.45) is 0 Å². The molecule has 164 valence electrons. The summed E-state index contributed by atoms with van der Waals surface area (Å²) in [6.07, 6.45) is 0.111. The van der Waals surface area contributed by atoms with E-state index >= 15 is 0 Å². The Balaban J connectivity index is 1.39. The number of aryl methyl sites for hydroxylation is 1. The van der Waals surface area contributed by atoms with E-state index in [2.05, 4.69) is 47.0 Å². The SMILES string of the molecule is CC(O)c1cc2ccccc2n1Cc1ccc(COc2ccc(CCC(=O)O)cc2)cc1. The standard InChI is InChI=1S/C27H27NO4/c1-19(29)26-16-23-4-2-3-5-25(23)28(26)17-21-6-8-22(9-7-21)18-32-24-13-10-20(11-14-24)12-15-27(30)31/h2-11,13-14,16,19,29H,12,15,17-18H2,1H3,(H,30,31). The monoisotopic (exact) mass is 429 g/mol. The Labute approximate surface area is 187 Å². The van der Waals surface area contributed by atoms with Crippen LogP contribution in [0.4, 0.5) is 0 Å². The molecule has 1 unspecified atom stereocenters. The molecule has 3 aromatic carbocycles. The highest BCUT2D eigenvalue weighted by Crippen LogP contribution is 2.25. The Morgan fingerprint density at radius 3 is 2.28 bits per heavy atom. The van der Waals surface area contributed by atoms with Crippen LogP contribution in [0.5, 0.6) is 5.75 Å². The number of fused-ring (bicyclic) bond motifs is 1. The molecule has 5 heteroatoms. The summed E-state index contributed by atoms with van der Waals surface area (Å²) in [6, 6.07) is 26.1. The van der Waals surface area contributed by atoms with E-state index in [0.717, 1.165) is 39.0 Å². The summed E-state index contributed by atoms with van der Waals surface area (Å²) >= 11 is 0. The van der Waals surface area contributed by atoms with Crippen molar-refractivity contribution in [2.75, 3.05) is 0 Å². The van der Waals surface area contributed by atoms with Crippen molar-refractivity contribution >= 4 is 16.9 Å². The highest BCUT2D eigenvalue weighted by Gasteiger charge is 2.13. The van der Waals surface area contributed by atoms with Gasteiger partial charge in [-0.3, -0.25) is 4.79 Å². The van der Waals surface area contributed by atoms with Crippen LogP contribution < -0.4 is 4.74 Å². The van der Waals surface area contributed by atoms with Crippen LogP contribution in [0.2, 0.25) is 0 Å². The van der Waals surface area contributed by atoms with Gasteiger partial charge in [-0.05, 0) is 59.7 Å². The molecule has 0 aliphatic carbocycles. The molecule has 1 atom stereocenters. The summed E-state index contributed by atoms with van der Waals surface area (Å²) in [5.41, 5.74) is 5.22. The fourth-order valence-corrected chi connectivity index (χ4v) is 3.85. The number of aromatic nitrogens is 1. The van der Waals surface area contributed by atoms with Gasteiger partial charge in [0.25, 0.3) is 0 Å². The fraction of sp³-hybridized carbons (Fsp3) is 0.222. The number of para-hydroxylation sites is 1.